The number of pyridine rings is 1. The fraction of sp³-hybridized carbons (Fsp3) is 0.278. The largest absolute Gasteiger partial charge is 0.377 e. The maximum atomic E-state index is 13.0. The lowest BCUT2D eigenvalue weighted by atomic mass is 10.1. The number of carbonyl (C=O) groups is 1. The molecule has 0 saturated carbocycles. The summed E-state index contributed by atoms with van der Waals surface area (Å²) in [6.07, 6.45) is 1.66. The van der Waals surface area contributed by atoms with Crippen molar-refractivity contribution in [2.24, 2.45) is 0 Å². The zero-order valence-corrected chi connectivity index (χ0v) is 14.1. The second kappa shape index (κ2) is 6.30. The van der Waals surface area contributed by atoms with Crippen molar-refractivity contribution in [1.82, 2.24) is 14.9 Å². The predicted octanol–water partition coefficient (Wildman–Crippen LogP) is 3.21. The smallest absolute Gasteiger partial charge is 0.256 e. The van der Waals surface area contributed by atoms with E-state index in [0.29, 0.717) is 25.3 Å². The third-order valence-electron chi connectivity index (χ3n) is 4.20. The van der Waals surface area contributed by atoms with Gasteiger partial charge in [-0.05, 0) is 19.1 Å². The summed E-state index contributed by atoms with van der Waals surface area (Å²) >= 11 is 1.59. The van der Waals surface area contributed by atoms with Crippen molar-refractivity contribution >= 4 is 28.1 Å². The van der Waals surface area contributed by atoms with Gasteiger partial charge in [-0.2, -0.15) is 0 Å². The van der Waals surface area contributed by atoms with E-state index in [1.165, 1.54) is 0 Å². The second-order valence-corrected chi connectivity index (χ2v) is 6.86. The topological polar surface area (TPSA) is 55.3 Å². The maximum absolute atomic E-state index is 13.0. The van der Waals surface area contributed by atoms with E-state index in [2.05, 4.69) is 9.97 Å². The number of para-hydroxylation sites is 1. The number of ether oxygens (including phenoxy) is 1. The molecule has 122 valence electrons. The van der Waals surface area contributed by atoms with Crippen LogP contribution in [0, 0.1) is 6.92 Å². The van der Waals surface area contributed by atoms with Gasteiger partial charge in [0.1, 0.15) is 0 Å². The van der Waals surface area contributed by atoms with Crippen LogP contribution in [0.25, 0.3) is 10.9 Å². The summed E-state index contributed by atoms with van der Waals surface area (Å²) in [6, 6.07) is 9.58. The molecule has 5 nitrogen and oxygen atoms in total. The average Bonchev–Trinajstić information content (AvgIpc) is 3.07. The highest BCUT2D eigenvalue weighted by Crippen LogP contribution is 2.27. The van der Waals surface area contributed by atoms with E-state index in [0.717, 1.165) is 21.6 Å². The van der Waals surface area contributed by atoms with Crippen molar-refractivity contribution < 1.29 is 9.53 Å². The number of aryl methyl sites for hydroxylation is 1. The Balaban J connectivity index is 1.67. The van der Waals surface area contributed by atoms with Crippen molar-refractivity contribution in [1.29, 1.82) is 0 Å². The van der Waals surface area contributed by atoms with Crippen molar-refractivity contribution in [3.05, 3.63) is 58.2 Å². The average molecular weight is 339 g/mol. The van der Waals surface area contributed by atoms with Gasteiger partial charge in [0.25, 0.3) is 5.91 Å². The van der Waals surface area contributed by atoms with Crippen molar-refractivity contribution in [2.45, 2.75) is 13.0 Å². The minimum atomic E-state index is -0.136. The molecule has 1 aromatic carbocycles. The highest BCUT2D eigenvalue weighted by molar-refractivity contribution is 7.09. The van der Waals surface area contributed by atoms with E-state index in [-0.39, 0.29) is 11.9 Å². The highest BCUT2D eigenvalue weighted by Gasteiger charge is 2.31. The van der Waals surface area contributed by atoms with Gasteiger partial charge in [0.05, 0.1) is 41.0 Å². The summed E-state index contributed by atoms with van der Waals surface area (Å²) in [7, 11) is 0. The minimum Gasteiger partial charge on any atom is -0.377 e. The summed E-state index contributed by atoms with van der Waals surface area (Å²) in [5, 5.41) is 3.97. The van der Waals surface area contributed by atoms with Crippen LogP contribution in [0.3, 0.4) is 0 Å². The van der Waals surface area contributed by atoms with E-state index in [1.807, 2.05) is 47.5 Å². The predicted molar refractivity (Wildman–Crippen MR) is 93.2 cm³/mol. The normalized spacial score (nSPS) is 18.0. The van der Waals surface area contributed by atoms with Crippen molar-refractivity contribution in [2.75, 3.05) is 19.8 Å². The molecular weight excluding hydrogens is 322 g/mol. The molecular formula is C18H17N3O2S. The standard InChI is InChI=1S/C18H17N3O2S/c1-12-20-16(11-24-12)17-10-23-7-6-21(17)18(22)14-8-13-4-2-3-5-15(13)19-9-14/h2-5,8-9,11,17H,6-7,10H2,1H3/t17-/m1/s1. The van der Waals surface area contributed by atoms with Crippen molar-refractivity contribution in [3.8, 4) is 0 Å². The Morgan fingerprint density at radius 1 is 1.38 bits per heavy atom. The van der Waals surface area contributed by atoms with Crippen LogP contribution in [0.2, 0.25) is 0 Å². The lowest BCUT2D eigenvalue weighted by molar-refractivity contribution is -0.00377. The number of nitrogens with zero attached hydrogens (tertiary/aromatic N) is 3. The first kappa shape index (κ1) is 15.2. The molecule has 0 radical (unpaired) electrons. The van der Waals surface area contributed by atoms with Crippen LogP contribution < -0.4 is 0 Å². The fourth-order valence-corrected chi connectivity index (χ4v) is 3.64. The lowest BCUT2D eigenvalue weighted by Crippen LogP contribution is -2.43. The third kappa shape index (κ3) is 2.79. The number of benzene rings is 1. The highest BCUT2D eigenvalue weighted by atomic mass is 32.1. The molecule has 1 amide bonds. The van der Waals surface area contributed by atoms with E-state index < -0.39 is 0 Å². The number of thiazole rings is 1. The zero-order valence-electron chi connectivity index (χ0n) is 13.3. The van der Waals surface area contributed by atoms with Crippen LogP contribution in [-0.4, -0.2) is 40.5 Å². The number of morpholine rings is 1. The van der Waals surface area contributed by atoms with E-state index in [4.69, 9.17) is 4.74 Å². The van der Waals surface area contributed by atoms with Crippen LogP contribution in [0.5, 0.6) is 0 Å². The first-order valence-electron chi connectivity index (χ1n) is 7.88. The maximum Gasteiger partial charge on any atom is 0.256 e. The first-order chi connectivity index (χ1) is 11.7. The van der Waals surface area contributed by atoms with Gasteiger partial charge in [0, 0.05) is 23.5 Å². The number of rotatable bonds is 2. The Bertz CT molecular complexity index is 893. The Labute approximate surface area is 143 Å². The monoisotopic (exact) mass is 339 g/mol. The summed E-state index contributed by atoms with van der Waals surface area (Å²) in [5.74, 6) is -0.0211. The molecule has 3 aromatic rings. The molecule has 1 fully saturated rings. The molecule has 0 aliphatic carbocycles. The number of amides is 1. The van der Waals surface area contributed by atoms with Gasteiger partial charge in [-0.25, -0.2) is 4.98 Å². The SMILES string of the molecule is Cc1nc([C@H]2COCCN2C(=O)c2cnc3ccccc3c2)cs1. The van der Waals surface area contributed by atoms with Gasteiger partial charge in [-0.1, -0.05) is 18.2 Å². The Hall–Kier alpha value is -2.31. The molecule has 1 aliphatic rings. The summed E-state index contributed by atoms with van der Waals surface area (Å²) < 4.78 is 5.59. The third-order valence-corrected chi connectivity index (χ3v) is 5.00. The van der Waals surface area contributed by atoms with Crippen LogP contribution >= 0.6 is 11.3 Å². The Morgan fingerprint density at radius 3 is 3.08 bits per heavy atom. The molecule has 24 heavy (non-hydrogen) atoms. The summed E-state index contributed by atoms with van der Waals surface area (Å²) in [5.41, 5.74) is 2.40. The molecule has 4 rings (SSSR count). The second-order valence-electron chi connectivity index (χ2n) is 5.80. The Kier molecular flexibility index (Phi) is 4.00. The number of hydrogen-bond acceptors (Lipinski definition) is 5. The van der Waals surface area contributed by atoms with Crippen LogP contribution in [0.1, 0.15) is 27.1 Å². The lowest BCUT2D eigenvalue weighted by Gasteiger charge is -2.34. The minimum absolute atomic E-state index is 0.0211. The van der Waals surface area contributed by atoms with Gasteiger partial charge in [-0.15, -0.1) is 11.3 Å². The van der Waals surface area contributed by atoms with Crippen LogP contribution in [0.15, 0.2) is 41.9 Å². The molecule has 2 aromatic heterocycles. The first-order valence-corrected chi connectivity index (χ1v) is 8.76. The van der Waals surface area contributed by atoms with E-state index in [9.17, 15) is 4.79 Å². The van der Waals surface area contributed by atoms with Crippen LogP contribution in [-0.2, 0) is 4.74 Å². The number of carbonyl (C=O) groups excluding carboxylic acids is 1. The molecule has 1 atom stereocenters. The van der Waals surface area contributed by atoms with Gasteiger partial charge < -0.3 is 9.64 Å². The summed E-state index contributed by atoms with van der Waals surface area (Å²) in [6.45, 7) is 3.56. The van der Waals surface area contributed by atoms with E-state index in [1.54, 1.807) is 17.5 Å². The van der Waals surface area contributed by atoms with Gasteiger partial charge >= 0.3 is 0 Å². The van der Waals surface area contributed by atoms with Crippen LogP contribution in [0.4, 0.5) is 0 Å². The number of aromatic nitrogens is 2. The number of fused-ring (bicyclic) bond motifs is 1. The van der Waals surface area contributed by atoms with E-state index >= 15 is 0 Å². The molecule has 1 aliphatic heterocycles. The molecule has 3 heterocycles. The molecule has 0 bridgehead atoms. The fourth-order valence-electron chi connectivity index (χ4n) is 2.98. The van der Waals surface area contributed by atoms with Gasteiger partial charge in [-0.3, -0.25) is 9.78 Å². The molecule has 0 spiro atoms. The number of hydrogen-bond donors (Lipinski definition) is 0. The summed E-state index contributed by atoms with van der Waals surface area (Å²) in [4.78, 5) is 23.8. The quantitative estimate of drug-likeness (QED) is 0.719. The van der Waals surface area contributed by atoms with Gasteiger partial charge in [0.2, 0.25) is 0 Å². The molecule has 6 heteroatoms. The van der Waals surface area contributed by atoms with Crippen molar-refractivity contribution in [3.63, 3.8) is 0 Å². The molecule has 1 saturated heterocycles. The molecule has 0 N–H and O–H groups in total. The van der Waals surface area contributed by atoms with Gasteiger partial charge in [0.15, 0.2) is 0 Å². The Morgan fingerprint density at radius 2 is 2.25 bits per heavy atom. The zero-order chi connectivity index (χ0) is 16.5. The molecule has 0 unspecified atom stereocenters.